The number of fused-ring (bicyclic) bond motifs is 1. The third-order valence-corrected chi connectivity index (χ3v) is 7.11. The fraction of sp³-hybridized carbons (Fsp3) is 0.400. The van der Waals surface area contributed by atoms with Gasteiger partial charge in [0, 0.05) is 31.4 Å². The van der Waals surface area contributed by atoms with Crippen molar-refractivity contribution in [2.45, 2.75) is 31.8 Å². The van der Waals surface area contributed by atoms with Crippen LogP contribution in [0.3, 0.4) is 0 Å². The number of hydrogen-bond donors (Lipinski definition) is 2. The second-order valence-electron chi connectivity index (χ2n) is 7.12. The van der Waals surface area contributed by atoms with Crippen LogP contribution < -0.4 is 14.9 Å². The molecule has 1 fully saturated rings. The SMILES string of the molecule is O=S1(=O)CCCN1c1ccc(CNC2CCCNc3ccccc32)cc1F. The molecule has 7 heteroatoms. The molecule has 2 N–H and O–H groups in total. The maximum absolute atomic E-state index is 14.6. The number of hydrogen-bond acceptors (Lipinski definition) is 4. The van der Waals surface area contributed by atoms with Crippen molar-refractivity contribution in [2.24, 2.45) is 0 Å². The maximum atomic E-state index is 14.6. The van der Waals surface area contributed by atoms with E-state index in [9.17, 15) is 12.8 Å². The Kier molecular flexibility index (Phi) is 5.06. The first-order valence-electron chi connectivity index (χ1n) is 9.40. The average molecular weight is 389 g/mol. The standard InChI is InChI=1S/C20H24FN3O2S/c21-17-13-15(8-9-20(17)24-11-4-12-27(24,25)26)14-23-19-7-3-10-22-18-6-2-1-5-16(18)19/h1-2,5-6,8-9,13,19,22-23H,3-4,7,10-12,14H2. The number of nitrogens with one attached hydrogen (secondary N) is 2. The lowest BCUT2D eigenvalue weighted by Crippen LogP contribution is -2.26. The van der Waals surface area contributed by atoms with Gasteiger partial charge in [-0.05, 0) is 48.6 Å². The van der Waals surface area contributed by atoms with Crippen LogP contribution in [0.5, 0.6) is 0 Å². The summed E-state index contributed by atoms with van der Waals surface area (Å²) in [5.74, 6) is -0.395. The van der Waals surface area contributed by atoms with E-state index in [4.69, 9.17) is 0 Å². The zero-order chi connectivity index (χ0) is 18.9. The summed E-state index contributed by atoms with van der Waals surface area (Å²) in [5, 5.41) is 6.97. The van der Waals surface area contributed by atoms with E-state index in [0.29, 0.717) is 19.5 Å². The summed E-state index contributed by atoms with van der Waals surface area (Å²) in [6.45, 7) is 1.83. The Morgan fingerprint density at radius 2 is 2.04 bits per heavy atom. The minimum absolute atomic E-state index is 0.0882. The van der Waals surface area contributed by atoms with Crippen molar-refractivity contribution in [3.63, 3.8) is 0 Å². The van der Waals surface area contributed by atoms with Gasteiger partial charge in [-0.3, -0.25) is 4.31 Å². The molecule has 0 aliphatic carbocycles. The molecule has 0 bridgehead atoms. The first-order valence-corrected chi connectivity index (χ1v) is 11.0. The van der Waals surface area contributed by atoms with Gasteiger partial charge in [0.1, 0.15) is 5.82 Å². The summed E-state index contributed by atoms with van der Waals surface area (Å²) in [4.78, 5) is 0. The van der Waals surface area contributed by atoms with Crippen LogP contribution in [-0.4, -0.2) is 27.3 Å². The molecule has 5 nitrogen and oxygen atoms in total. The van der Waals surface area contributed by atoms with Gasteiger partial charge in [0.05, 0.1) is 11.4 Å². The minimum atomic E-state index is -3.37. The topological polar surface area (TPSA) is 61.4 Å². The van der Waals surface area contributed by atoms with E-state index < -0.39 is 15.8 Å². The van der Waals surface area contributed by atoms with Gasteiger partial charge in [-0.15, -0.1) is 0 Å². The summed E-state index contributed by atoms with van der Waals surface area (Å²) in [6.07, 6.45) is 2.61. The highest BCUT2D eigenvalue weighted by molar-refractivity contribution is 7.93. The van der Waals surface area contributed by atoms with Crippen LogP contribution in [0.25, 0.3) is 0 Å². The van der Waals surface area contributed by atoms with Crippen molar-refractivity contribution >= 4 is 21.4 Å². The van der Waals surface area contributed by atoms with Gasteiger partial charge >= 0.3 is 0 Å². The number of halogens is 1. The van der Waals surface area contributed by atoms with Crippen molar-refractivity contribution in [1.29, 1.82) is 0 Å². The molecule has 2 aliphatic rings. The van der Waals surface area contributed by atoms with Gasteiger partial charge < -0.3 is 10.6 Å². The molecule has 1 atom stereocenters. The first-order chi connectivity index (χ1) is 13.0. The fourth-order valence-corrected chi connectivity index (χ4v) is 5.44. The van der Waals surface area contributed by atoms with Crippen LogP contribution >= 0.6 is 0 Å². The second-order valence-corrected chi connectivity index (χ2v) is 9.13. The second kappa shape index (κ2) is 7.48. The minimum Gasteiger partial charge on any atom is -0.385 e. The van der Waals surface area contributed by atoms with E-state index in [0.717, 1.165) is 30.6 Å². The van der Waals surface area contributed by atoms with Gasteiger partial charge in [0.25, 0.3) is 0 Å². The summed E-state index contributed by atoms with van der Waals surface area (Å²) < 4.78 is 39.8. The van der Waals surface area contributed by atoms with Crippen molar-refractivity contribution < 1.29 is 12.8 Å². The van der Waals surface area contributed by atoms with Crippen molar-refractivity contribution in [2.75, 3.05) is 28.5 Å². The molecule has 2 aliphatic heterocycles. The largest absolute Gasteiger partial charge is 0.385 e. The molecule has 1 saturated heterocycles. The smallest absolute Gasteiger partial charge is 0.235 e. The van der Waals surface area contributed by atoms with Crippen LogP contribution in [0.2, 0.25) is 0 Å². The fourth-order valence-electron chi connectivity index (χ4n) is 3.87. The number of anilines is 2. The molecular weight excluding hydrogens is 365 g/mol. The molecule has 0 amide bonds. The van der Waals surface area contributed by atoms with E-state index in [2.05, 4.69) is 22.8 Å². The Hall–Kier alpha value is -2.12. The van der Waals surface area contributed by atoms with Gasteiger partial charge in [-0.2, -0.15) is 0 Å². The predicted octanol–water partition coefficient (Wildman–Crippen LogP) is 3.40. The lowest BCUT2D eigenvalue weighted by molar-refractivity contribution is 0.496. The summed E-state index contributed by atoms with van der Waals surface area (Å²) in [7, 11) is -3.37. The van der Waals surface area contributed by atoms with Crippen molar-refractivity contribution in [3.05, 3.63) is 59.4 Å². The molecule has 27 heavy (non-hydrogen) atoms. The zero-order valence-corrected chi connectivity index (χ0v) is 15.9. The molecule has 1 unspecified atom stereocenters. The molecule has 0 spiro atoms. The Morgan fingerprint density at radius 1 is 1.19 bits per heavy atom. The lowest BCUT2D eigenvalue weighted by Gasteiger charge is -2.20. The van der Waals surface area contributed by atoms with Crippen LogP contribution in [0.15, 0.2) is 42.5 Å². The Balaban J connectivity index is 1.49. The maximum Gasteiger partial charge on any atom is 0.235 e. The molecule has 0 saturated carbocycles. The third kappa shape index (κ3) is 3.80. The Labute approximate surface area is 159 Å². The quantitative estimate of drug-likeness (QED) is 0.841. The van der Waals surface area contributed by atoms with Crippen LogP contribution in [-0.2, 0) is 16.6 Å². The van der Waals surface area contributed by atoms with E-state index >= 15 is 0 Å². The molecule has 4 rings (SSSR count). The van der Waals surface area contributed by atoms with Gasteiger partial charge in [-0.25, -0.2) is 12.8 Å². The molecular formula is C20H24FN3O2S. The normalized spacial score (nSPS) is 21.4. The highest BCUT2D eigenvalue weighted by atomic mass is 32.2. The predicted molar refractivity (Wildman–Crippen MR) is 106 cm³/mol. The molecule has 2 aromatic rings. The van der Waals surface area contributed by atoms with E-state index in [1.807, 2.05) is 12.1 Å². The number of benzene rings is 2. The van der Waals surface area contributed by atoms with Crippen molar-refractivity contribution in [3.8, 4) is 0 Å². The molecule has 2 heterocycles. The number of para-hydroxylation sites is 1. The Bertz CT molecular complexity index is 933. The lowest BCUT2D eigenvalue weighted by atomic mass is 10.0. The van der Waals surface area contributed by atoms with Crippen molar-refractivity contribution in [1.82, 2.24) is 5.32 Å². The van der Waals surface area contributed by atoms with Gasteiger partial charge in [0.2, 0.25) is 10.0 Å². The number of sulfonamides is 1. The monoisotopic (exact) mass is 389 g/mol. The summed E-state index contributed by atoms with van der Waals surface area (Å²) >= 11 is 0. The Morgan fingerprint density at radius 3 is 2.81 bits per heavy atom. The van der Waals surface area contributed by atoms with E-state index in [1.165, 1.54) is 15.9 Å². The van der Waals surface area contributed by atoms with E-state index in [-0.39, 0.29) is 17.5 Å². The van der Waals surface area contributed by atoms with Gasteiger partial charge in [0.15, 0.2) is 0 Å². The van der Waals surface area contributed by atoms with E-state index in [1.54, 1.807) is 12.1 Å². The number of rotatable bonds is 4. The van der Waals surface area contributed by atoms with Crippen LogP contribution in [0.1, 0.15) is 36.4 Å². The third-order valence-electron chi connectivity index (χ3n) is 5.25. The van der Waals surface area contributed by atoms with Crippen LogP contribution in [0, 0.1) is 5.82 Å². The molecule has 0 radical (unpaired) electrons. The highest BCUT2D eigenvalue weighted by Crippen LogP contribution is 2.30. The molecule has 2 aromatic carbocycles. The average Bonchev–Trinajstić information content (AvgIpc) is 2.88. The molecule has 0 aromatic heterocycles. The zero-order valence-electron chi connectivity index (χ0n) is 15.1. The summed E-state index contributed by atoms with van der Waals surface area (Å²) in [5.41, 5.74) is 3.34. The summed E-state index contributed by atoms with van der Waals surface area (Å²) in [6, 6.07) is 13.3. The first kappa shape index (κ1) is 18.3. The molecule has 144 valence electrons. The number of nitrogens with zero attached hydrogens (tertiary/aromatic N) is 1. The van der Waals surface area contributed by atoms with Gasteiger partial charge in [-0.1, -0.05) is 24.3 Å². The van der Waals surface area contributed by atoms with Crippen LogP contribution in [0.4, 0.5) is 15.8 Å². The highest BCUT2D eigenvalue weighted by Gasteiger charge is 2.30.